The van der Waals surface area contributed by atoms with Crippen LogP contribution in [0.25, 0.3) is 0 Å². The number of quaternary nitrogens is 1. The van der Waals surface area contributed by atoms with Gasteiger partial charge in [0, 0.05) is 12.8 Å². The van der Waals surface area contributed by atoms with Crippen molar-refractivity contribution in [2.24, 2.45) is 0 Å². The zero-order chi connectivity index (χ0) is 47.1. The van der Waals surface area contributed by atoms with E-state index in [1.165, 1.54) is 116 Å². The van der Waals surface area contributed by atoms with E-state index >= 15 is 0 Å². The van der Waals surface area contributed by atoms with Crippen molar-refractivity contribution in [3.63, 3.8) is 0 Å². The molecule has 0 spiro atoms. The molecular weight excluding hydrogens is 822 g/mol. The third-order valence-corrected chi connectivity index (χ3v) is 12.0. The van der Waals surface area contributed by atoms with Crippen molar-refractivity contribution in [2.75, 3.05) is 47.5 Å². The van der Waals surface area contributed by atoms with Crippen molar-refractivity contribution in [1.82, 2.24) is 0 Å². The molecule has 372 valence electrons. The number of carbonyl (C=O) groups is 2. The molecule has 0 rings (SSSR count). The van der Waals surface area contributed by atoms with Crippen molar-refractivity contribution in [3.8, 4) is 0 Å². The summed E-state index contributed by atoms with van der Waals surface area (Å²) in [7, 11) is 1.45. The van der Waals surface area contributed by atoms with Gasteiger partial charge in [-0.05, 0) is 57.8 Å². The Kier molecular flexibility index (Phi) is 44.2. The van der Waals surface area contributed by atoms with E-state index in [0.717, 1.165) is 70.6 Å². The summed E-state index contributed by atoms with van der Waals surface area (Å²) in [6, 6.07) is 0. The maximum Gasteiger partial charge on any atom is 0.472 e. The first-order valence-electron chi connectivity index (χ1n) is 26.0. The Morgan fingerprint density at radius 1 is 0.500 bits per heavy atom. The first-order chi connectivity index (χ1) is 31.0. The zero-order valence-electron chi connectivity index (χ0n) is 42.0. The van der Waals surface area contributed by atoms with E-state index in [-0.39, 0.29) is 32.0 Å². The Morgan fingerprint density at radius 2 is 0.891 bits per heavy atom. The lowest BCUT2D eigenvalue weighted by Gasteiger charge is -2.24. The van der Waals surface area contributed by atoms with E-state index in [1.807, 2.05) is 21.1 Å². The Bertz CT molecular complexity index is 1270. The Balaban J connectivity index is 4.28. The van der Waals surface area contributed by atoms with Crippen LogP contribution in [0.2, 0.25) is 0 Å². The Labute approximate surface area is 394 Å². The summed E-state index contributed by atoms with van der Waals surface area (Å²) in [6.07, 6.45) is 57.1. The first kappa shape index (κ1) is 61.7. The van der Waals surface area contributed by atoms with Gasteiger partial charge in [-0.1, -0.05) is 209 Å². The molecule has 1 unspecified atom stereocenters. The molecule has 64 heavy (non-hydrogen) atoms. The largest absolute Gasteiger partial charge is 0.472 e. The van der Waals surface area contributed by atoms with Gasteiger partial charge in [-0.25, -0.2) is 4.57 Å². The number of nitrogens with zero attached hydrogens (tertiary/aromatic N) is 1. The summed E-state index contributed by atoms with van der Waals surface area (Å²) in [4.78, 5) is 35.6. The van der Waals surface area contributed by atoms with Gasteiger partial charge < -0.3 is 18.9 Å². The van der Waals surface area contributed by atoms with Crippen molar-refractivity contribution < 1.29 is 42.1 Å². The van der Waals surface area contributed by atoms with E-state index in [9.17, 15) is 19.0 Å². The molecule has 0 amide bonds. The molecular formula is C54H99NO8P+. The van der Waals surface area contributed by atoms with Gasteiger partial charge in [-0.3, -0.25) is 18.6 Å². The molecule has 0 aliphatic carbocycles. The standard InChI is InChI=1S/C54H98NO8P/c1-6-8-10-12-14-16-18-20-22-24-26-27-29-30-32-34-36-38-40-42-44-46-53(56)60-50-52(51-62-64(58,59)61-49-48-55(3,4)5)63-54(57)47-45-43-41-39-37-35-33-31-28-25-23-21-19-17-15-13-11-9-7-2/h9,11,15,17,21,23,28,31,35,37,52H,6-8,10,12-14,16,18-20,22,24-27,29-30,32-34,36,38-51H2,1-5H3/p+1/b11-9+,17-15+,23-21+,31-28+,37-35+/t52-/m1/s1. The van der Waals surface area contributed by atoms with E-state index in [2.05, 4.69) is 74.6 Å². The van der Waals surface area contributed by atoms with Gasteiger partial charge >= 0.3 is 19.8 Å². The van der Waals surface area contributed by atoms with Crippen LogP contribution in [0, 0.1) is 0 Å². The highest BCUT2D eigenvalue weighted by molar-refractivity contribution is 7.47. The van der Waals surface area contributed by atoms with E-state index < -0.39 is 26.5 Å². The van der Waals surface area contributed by atoms with E-state index in [4.69, 9.17) is 18.5 Å². The summed E-state index contributed by atoms with van der Waals surface area (Å²) < 4.78 is 34.4. The van der Waals surface area contributed by atoms with Gasteiger partial charge in [0.25, 0.3) is 0 Å². The van der Waals surface area contributed by atoms with Crippen LogP contribution in [0.1, 0.15) is 219 Å². The van der Waals surface area contributed by atoms with Crippen LogP contribution in [-0.4, -0.2) is 74.9 Å². The van der Waals surface area contributed by atoms with Crippen molar-refractivity contribution in [3.05, 3.63) is 60.8 Å². The topological polar surface area (TPSA) is 108 Å². The maximum absolute atomic E-state index is 12.7. The van der Waals surface area contributed by atoms with Gasteiger partial charge in [-0.15, -0.1) is 0 Å². The SMILES string of the molecule is CC/C=C/C/C=C/C/C=C/C/C=C/C/C=C/CCCCCC(=O)O[C@H](COC(=O)CCCCCCCCCCCCCCCCCCCCCCC)COP(=O)(O)OCC[N+](C)(C)C. The fourth-order valence-corrected chi connectivity index (χ4v) is 7.78. The molecule has 0 fully saturated rings. The van der Waals surface area contributed by atoms with Crippen LogP contribution in [0.5, 0.6) is 0 Å². The van der Waals surface area contributed by atoms with Gasteiger partial charge in [0.05, 0.1) is 27.7 Å². The zero-order valence-corrected chi connectivity index (χ0v) is 42.9. The highest BCUT2D eigenvalue weighted by Crippen LogP contribution is 2.43. The van der Waals surface area contributed by atoms with Gasteiger partial charge in [0.15, 0.2) is 6.10 Å². The molecule has 0 heterocycles. The van der Waals surface area contributed by atoms with Crippen LogP contribution < -0.4 is 0 Å². The molecule has 0 aromatic carbocycles. The number of phosphoric acid groups is 1. The molecule has 0 aromatic rings. The molecule has 0 aliphatic rings. The van der Waals surface area contributed by atoms with E-state index in [1.54, 1.807) is 0 Å². The third kappa shape index (κ3) is 49.2. The summed E-state index contributed by atoms with van der Waals surface area (Å²) in [5, 5.41) is 0. The van der Waals surface area contributed by atoms with E-state index in [0.29, 0.717) is 17.4 Å². The minimum atomic E-state index is -4.39. The average Bonchev–Trinajstić information content (AvgIpc) is 3.25. The lowest BCUT2D eigenvalue weighted by molar-refractivity contribution is -0.870. The van der Waals surface area contributed by atoms with Crippen LogP contribution >= 0.6 is 7.82 Å². The minimum Gasteiger partial charge on any atom is -0.462 e. The second kappa shape index (κ2) is 45.8. The highest BCUT2D eigenvalue weighted by atomic mass is 31.2. The summed E-state index contributed by atoms with van der Waals surface area (Å²) >= 11 is 0. The number of allylic oxidation sites excluding steroid dienone is 10. The monoisotopic (exact) mass is 921 g/mol. The van der Waals surface area contributed by atoms with Crippen molar-refractivity contribution >= 4 is 19.8 Å². The van der Waals surface area contributed by atoms with Crippen LogP contribution in [-0.2, 0) is 32.7 Å². The second-order valence-corrected chi connectivity index (χ2v) is 20.0. The fraction of sp³-hybridized carbons (Fsp3) is 0.778. The molecule has 0 saturated heterocycles. The molecule has 1 N–H and O–H groups in total. The summed E-state index contributed by atoms with van der Waals surface area (Å²) in [5.41, 5.74) is 0. The lowest BCUT2D eigenvalue weighted by atomic mass is 10.0. The maximum atomic E-state index is 12.7. The smallest absolute Gasteiger partial charge is 0.462 e. The number of phosphoric ester groups is 1. The number of ether oxygens (including phenoxy) is 2. The number of carbonyl (C=O) groups excluding carboxylic acids is 2. The average molecular weight is 921 g/mol. The number of rotatable bonds is 47. The molecule has 0 aromatic heterocycles. The van der Waals surface area contributed by atoms with Crippen molar-refractivity contribution in [2.45, 2.75) is 225 Å². The Morgan fingerprint density at radius 3 is 1.33 bits per heavy atom. The van der Waals surface area contributed by atoms with Crippen molar-refractivity contribution in [1.29, 1.82) is 0 Å². The molecule has 0 saturated carbocycles. The summed E-state index contributed by atoms with van der Waals surface area (Å²) in [6.45, 7) is 4.29. The summed E-state index contributed by atoms with van der Waals surface area (Å²) in [5.74, 6) is -0.831. The van der Waals surface area contributed by atoms with Crippen LogP contribution in [0.15, 0.2) is 60.8 Å². The lowest BCUT2D eigenvalue weighted by Crippen LogP contribution is -2.37. The number of hydrogen-bond donors (Lipinski definition) is 1. The van der Waals surface area contributed by atoms with Gasteiger partial charge in [0.2, 0.25) is 0 Å². The molecule has 0 radical (unpaired) electrons. The molecule has 10 heteroatoms. The molecule has 2 atom stereocenters. The number of likely N-dealkylation sites (N-methyl/N-ethyl adjacent to an activating group) is 1. The van der Waals surface area contributed by atoms with Crippen LogP contribution in [0.4, 0.5) is 0 Å². The number of unbranched alkanes of at least 4 members (excludes halogenated alkanes) is 23. The number of esters is 2. The van der Waals surface area contributed by atoms with Gasteiger partial charge in [0.1, 0.15) is 19.8 Å². The van der Waals surface area contributed by atoms with Crippen LogP contribution in [0.3, 0.4) is 0 Å². The minimum absolute atomic E-state index is 0.0237. The second-order valence-electron chi connectivity index (χ2n) is 18.5. The Hall–Kier alpha value is -2.29. The quantitative estimate of drug-likeness (QED) is 0.0211. The molecule has 0 aliphatic heterocycles. The van der Waals surface area contributed by atoms with Gasteiger partial charge in [-0.2, -0.15) is 0 Å². The first-order valence-corrected chi connectivity index (χ1v) is 27.5. The fourth-order valence-electron chi connectivity index (χ4n) is 7.04. The number of hydrogen-bond acceptors (Lipinski definition) is 7. The molecule has 9 nitrogen and oxygen atoms in total. The highest BCUT2D eigenvalue weighted by Gasteiger charge is 2.27. The third-order valence-electron chi connectivity index (χ3n) is 11.1. The normalized spacial score (nSPS) is 13.9. The predicted octanol–water partition coefficient (Wildman–Crippen LogP) is 15.6. The molecule has 0 bridgehead atoms. The predicted molar refractivity (Wildman–Crippen MR) is 270 cm³/mol.